The van der Waals surface area contributed by atoms with Crippen molar-refractivity contribution in [3.05, 3.63) is 28.2 Å². The van der Waals surface area contributed by atoms with Gasteiger partial charge in [-0.05, 0) is 41.4 Å². The van der Waals surface area contributed by atoms with Crippen LogP contribution in [0.2, 0.25) is 0 Å². The number of nitrogens with one attached hydrogen (secondary N) is 1. The van der Waals surface area contributed by atoms with Crippen molar-refractivity contribution in [2.24, 2.45) is 0 Å². The molecule has 1 saturated heterocycles. The number of amides is 2. The van der Waals surface area contributed by atoms with E-state index in [9.17, 15) is 14.4 Å². The van der Waals surface area contributed by atoms with Gasteiger partial charge in [0.2, 0.25) is 5.91 Å². The zero-order valence-electron chi connectivity index (χ0n) is 15.7. The predicted molar refractivity (Wildman–Crippen MR) is 107 cm³/mol. The molecule has 2 amide bonds. The van der Waals surface area contributed by atoms with Gasteiger partial charge in [0.05, 0.1) is 24.5 Å². The summed E-state index contributed by atoms with van der Waals surface area (Å²) >= 11 is 3.36. The fourth-order valence-corrected chi connectivity index (χ4v) is 3.89. The summed E-state index contributed by atoms with van der Waals surface area (Å²) in [4.78, 5) is 42.5. The van der Waals surface area contributed by atoms with Crippen molar-refractivity contribution in [1.29, 1.82) is 0 Å². The fourth-order valence-electron chi connectivity index (χ4n) is 3.36. The van der Waals surface area contributed by atoms with E-state index in [1.807, 2.05) is 19.9 Å². The standard InChI is InChI=1S/C19H25BrN4O3/c1-3-13(2)21-16(25)11-22-7-9-23(10-8-22)12-24-15-6-4-5-14(20)17(15)18(26)19(24)27/h4-6,13H,3,7-12H2,1-2H3,(H,21,25)/t13-/m0/s1. The molecule has 1 aromatic carbocycles. The summed E-state index contributed by atoms with van der Waals surface area (Å²) in [5, 5.41) is 2.98. The maximum atomic E-state index is 12.4. The molecular formula is C19H25BrN4O3. The Balaban J connectivity index is 1.54. The second-order valence-electron chi connectivity index (χ2n) is 7.11. The summed E-state index contributed by atoms with van der Waals surface area (Å²) in [5.74, 6) is -0.887. The molecule has 27 heavy (non-hydrogen) atoms. The lowest BCUT2D eigenvalue weighted by atomic mass is 10.1. The molecule has 0 radical (unpaired) electrons. The van der Waals surface area contributed by atoms with Crippen LogP contribution < -0.4 is 10.2 Å². The first kappa shape index (κ1) is 20.0. The van der Waals surface area contributed by atoms with Gasteiger partial charge in [0.1, 0.15) is 0 Å². The molecule has 2 heterocycles. The quantitative estimate of drug-likeness (QED) is 0.683. The Morgan fingerprint density at radius 3 is 2.52 bits per heavy atom. The highest BCUT2D eigenvalue weighted by Gasteiger charge is 2.38. The zero-order chi connectivity index (χ0) is 19.6. The van der Waals surface area contributed by atoms with Gasteiger partial charge in [0.15, 0.2) is 0 Å². The second kappa shape index (κ2) is 8.50. The largest absolute Gasteiger partial charge is 0.353 e. The van der Waals surface area contributed by atoms with Crippen molar-refractivity contribution >= 4 is 39.2 Å². The third-order valence-electron chi connectivity index (χ3n) is 5.14. The van der Waals surface area contributed by atoms with Crippen LogP contribution in [0.3, 0.4) is 0 Å². The Kier molecular flexibility index (Phi) is 6.29. The monoisotopic (exact) mass is 436 g/mol. The zero-order valence-corrected chi connectivity index (χ0v) is 17.3. The number of nitrogens with zero attached hydrogens (tertiary/aromatic N) is 3. The molecule has 0 bridgehead atoms. The highest BCUT2D eigenvalue weighted by atomic mass is 79.9. The number of hydrogen-bond acceptors (Lipinski definition) is 5. The summed E-state index contributed by atoms with van der Waals surface area (Å²) in [7, 11) is 0. The Morgan fingerprint density at radius 1 is 1.19 bits per heavy atom. The third kappa shape index (κ3) is 4.39. The molecule has 0 saturated carbocycles. The van der Waals surface area contributed by atoms with Crippen molar-refractivity contribution in [1.82, 2.24) is 15.1 Å². The number of halogens is 1. The van der Waals surface area contributed by atoms with Crippen LogP contribution in [0.15, 0.2) is 22.7 Å². The Labute approximate surface area is 167 Å². The van der Waals surface area contributed by atoms with Crippen LogP contribution in [-0.2, 0) is 9.59 Å². The van der Waals surface area contributed by atoms with E-state index < -0.39 is 11.7 Å². The summed E-state index contributed by atoms with van der Waals surface area (Å²) in [5.41, 5.74) is 1.11. The molecular weight excluding hydrogens is 412 g/mol. The smallest absolute Gasteiger partial charge is 0.300 e. The Bertz CT molecular complexity index is 746. The average molecular weight is 437 g/mol. The van der Waals surface area contributed by atoms with Crippen LogP contribution in [0, 0.1) is 0 Å². The molecule has 1 fully saturated rings. The van der Waals surface area contributed by atoms with Crippen molar-refractivity contribution in [3.8, 4) is 0 Å². The van der Waals surface area contributed by atoms with E-state index in [0.717, 1.165) is 32.6 Å². The number of benzene rings is 1. The molecule has 1 atom stereocenters. The summed E-state index contributed by atoms with van der Waals surface area (Å²) in [6, 6.07) is 5.60. The normalized spacial score (nSPS) is 19.3. The van der Waals surface area contributed by atoms with E-state index in [2.05, 4.69) is 31.0 Å². The van der Waals surface area contributed by atoms with Crippen LogP contribution in [0.1, 0.15) is 30.6 Å². The fraction of sp³-hybridized carbons (Fsp3) is 0.526. The minimum Gasteiger partial charge on any atom is -0.353 e. The highest BCUT2D eigenvalue weighted by Crippen LogP contribution is 2.34. The van der Waals surface area contributed by atoms with Crippen LogP contribution in [0.5, 0.6) is 0 Å². The molecule has 0 aliphatic carbocycles. The molecule has 2 aliphatic rings. The summed E-state index contributed by atoms with van der Waals surface area (Å²) in [6.07, 6.45) is 0.916. The maximum absolute atomic E-state index is 12.4. The number of ketones is 1. The van der Waals surface area contributed by atoms with Gasteiger partial charge in [-0.15, -0.1) is 0 Å². The topological polar surface area (TPSA) is 73.0 Å². The number of hydrogen-bond donors (Lipinski definition) is 1. The van der Waals surface area contributed by atoms with Gasteiger partial charge in [-0.25, -0.2) is 0 Å². The Hall–Kier alpha value is -1.77. The maximum Gasteiger partial charge on any atom is 0.300 e. The molecule has 0 spiro atoms. The van der Waals surface area contributed by atoms with Crippen LogP contribution in [-0.4, -0.2) is 72.8 Å². The van der Waals surface area contributed by atoms with Gasteiger partial charge < -0.3 is 5.32 Å². The molecule has 1 N–H and O–H groups in total. The van der Waals surface area contributed by atoms with E-state index in [1.165, 1.54) is 0 Å². The number of rotatable bonds is 6. The Morgan fingerprint density at radius 2 is 1.85 bits per heavy atom. The van der Waals surface area contributed by atoms with Crippen molar-refractivity contribution in [2.45, 2.75) is 26.3 Å². The predicted octanol–water partition coefficient (Wildman–Crippen LogP) is 1.47. The van der Waals surface area contributed by atoms with Crippen molar-refractivity contribution < 1.29 is 14.4 Å². The lowest BCUT2D eigenvalue weighted by molar-refractivity contribution is -0.123. The number of fused-ring (bicyclic) bond motifs is 1. The first-order chi connectivity index (χ1) is 12.9. The number of carbonyl (C=O) groups excluding carboxylic acids is 3. The van der Waals surface area contributed by atoms with E-state index in [0.29, 0.717) is 28.9 Å². The molecule has 1 aromatic rings. The van der Waals surface area contributed by atoms with E-state index in [-0.39, 0.29) is 11.9 Å². The number of anilines is 1. The van der Waals surface area contributed by atoms with Gasteiger partial charge in [-0.2, -0.15) is 0 Å². The van der Waals surface area contributed by atoms with E-state index >= 15 is 0 Å². The molecule has 8 heteroatoms. The van der Waals surface area contributed by atoms with Gasteiger partial charge >= 0.3 is 5.91 Å². The lowest BCUT2D eigenvalue weighted by Crippen LogP contribution is -2.53. The van der Waals surface area contributed by atoms with Gasteiger partial charge in [-0.3, -0.25) is 29.1 Å². The molecule has 3 rings (SSSR count). The van der Waals surface area contributed by atoms with E-state index in [1.54, 1.807) is 17.0 Å². The second-order valence-corrected chi connectivity index (χ2v) is 7.96. The van der Waals surface area contributed by atoms with Crippen molar-refractivity contribution in [3.63, 3.8) is 0 Å². The summed E-state index contributed by atoms with van der Waals surface area (Å²) in [6.45, 7) is 7.85. The van der Waals surface area contributed by atoms with Crippen LogP contribution in [0.4, 0.5) is 5.69 Å². The van der Waals surface area contributed by atoms with E-state index in [4.69, 9.17) is 0 Å². The first-order valence-corrected chi connectivity index (χ1v) is 10.1. The van der Waals surface area contributed by atoms with Gasteiger partial charge in [-0.1, -0.05) is 13.0 Å². The average Bonchev–Trinajstić information content (AvgIpc) is 2.89. The molecule has 0 unspecified atom stereocenters. The number of piperazine rings is 1. The lowest BCUT2D eigenvalue weighted by Gasteiger charge is -2.36. The van der Waals surface area contributed by atoms with Gasteiger partial charge in [0.25, 0.3) is 5.78 Å². The third-order valence-corrected chi connectivity index (χ3v) is 5.80. The number of Topliss-reactive ketones (excluding diaryl/α,β-unsaturated/α-hetero) is 1. The number of carbonyl (C=O) groups is 3. The minimum atomic E-state index is -0.479. The minimum absolute atomic E-state index is 0.0527. The molecule has 2 aliphatic heterocycles. The van der Waals surface area contributed by atoms with Crippen LogP contribution >= 0.6 is 15.9 Å². The summed E-state index contributed by atoms with van der Waals surface area (Å²) < 4.78 is 0.651. The highest BCUT2D eigenvalue weighted by molar-refractivity contribution is 9.10. The van der Waals surface area contributed by atoms with Crippen molar-refractivity contribution in [2.75, 3.05) is 44.3 Å². The SMILES string of the molecule is CC[C@H](C)NC(=O)CN1CCN(CN2C(=O)C(=O)c3c(Br)cccc32)CC1. The molecule has 146 valence electrons. The van der Waals surface area contributed by atoms with Crippen LogP contribution in [0.25, 0.3) is 0 Å². The molecule has 7 nitrogen and oxygen atoms in total. The molecule has 0 aromatic heterocycles. The first-order valence-electron chi connectivity index (χ1n) is 9.29. The van der Waals surface area contributed by atoms with Gasteiger partial charge in [0, 0.05) is 36.7 Å².